The normalized spacial score (nSPS) is 10.4. The summed E-state index contributed by atoms with van der Waals surface area (Å²) >= 11 is 5.90. The zero-order chi connectivity index (χ0) is 18.6. The smallest absolute Gasteiger partial charge is 0.226 e. The number of hydrogen-bond donors (Lipinski definition) is 1. The number of amides is 2. The van der Waals surface area contributed by atoms with Crippen LogP contribution >= 0.6 is 11.6 Å². The van der Waals surface area contributed by atoms with Gasteiger partial charge in [0.15, 0.2) is 0 Å². The number of halogens is 3. The lowest BCUT2D eigenvalue weighted by atomic mass is 10.2. The van der Waals surface area contributed by atoms with Gasteiger partial charge in [0, 0.05) is 30.6 Å². The minimum absolute atomic E-state index is 0.126. The molecule has 25 heavy (non-hydrogen) atoms. The van der Waals surface area contributed by atoms with Crippen molar-refractivity contribution in [1.29, 1.82) is 0 Å². The van der Waals surface area contributed by atoms with Crippen molar-refractivity contribution in [2.75, 3.05) is 16.8 Å². The number of aryl methyl sites for hydroxylation is 1. The summed E-state index contributed by atoms with van der Waals surface area (Å²) in [5, 5.41) is 3.15. The Morgan fingerprint density at radius 2 is 1.80 bits per heavy atom. The van der Waals surface area contributed by atoms with Crippen LogP contribution in [0.1, 0.15) is 18.9 Å². The van der Waals surface area contributed by atoms with E-state index in [0.29, 0.717) is 10.7 Å². The zero-order valence-corrected chi connectivity index (χ0v) is 14.5. The lowest BCUT2D eigenvalue weighted by Crippen LogP contribution is -2.33. The molecule has 0 unspecified atom stereocenters. The Bertz CT molecular complexity index is 791. The van der Waals surface area contributed by atoms with Crippen molar-refractivity contribution in [2.45, 2.75) is 20.3 Å². The predicted octanol–water partition coefficient (Wildman–Crippen LogP) is 4.31. The number of nitrogens with zero attached hydrogens (tertiary/aromatic N) is 1. The van der Waals surface area contributed by atoms with Crippen molar-refractivity contribution < 1.29 is 18.4 Å². The number of carbonyl (C=O) groups is 2. The quantitative estimate of drug-likeness (QED) is 0.857. The second kappa shape index (κ2) is 8.07. The van der Waals surface area contributed by atoms with Crippen LogP contribution in [-0.4, -0.2) is 18.4 Å². The molecule has 2 amide bonds. The molecule has 2 aromatic rings. The van der Waals surface area contributed by atoms with Crippen LogP contribution in [0.5, 0.6) is 0 Å². The topological polar surface area (TPSA) is 49.4 Å². The summed E-state index contributed by atoms with van der Waals surface area (Å²) in [6.07, 6.45) is -0.126. The van der Waals surface area contributed by atoms with E-state index in [0.717, 1.165) is 22.6 Å². The van der Waals surface area contributed by atoms with Crippen LogP contribution in [0.2, 0.25) is 5.02 Å². The van der Waals surface area contributed by atoms with Crippen molar-refractivity contribution in [3.8, 4) is 0 Å². The van der Waals surface area contributed by atoms with Crippen molar-refractivity contribution in [3.05, 3.63) is 58.6 Å². The molecule has 0 atom stereocenters. The average Bonchev–Trinajstić information content (AvgIpc) is 2.53. The number of hydrogen-bond acceptors (Lipinski definition) is 2. The molecule has 0 aliphatic carbocycles. The Hall–Kier alpha value is -2.47. The molecule has 0 saturated carbocycles. The van der Waals surface area contributed by atoms with Crippen LogP contribution < -0.4 is 10.2 Å². The molecule has 0 heterocycles. The highest BCUT2D eigenvalue weighted by molar-refractivity contribution is 6.31. The summed E-state index contributed by atoms with van der Waals surface area (Å²) < 4.78 is 27.8. The fourth-order valence-electron chi connectivity index (χ4n) is 2.33. The minimum Gasteiger partial charge on any atom is -0.326 e. The van der Waals surface area contributed by atoms with E-state index >= 15 is 0 Å². The summed E-state index contributed by atoms with van der Waals surface area (Å²) in [4.78, 5) is 24.8. The first kappa shape index (κ1) is 18.9. The predicted molar refractivity (Wildman–Crippen MR) is 93.8 cm³/mol. The number of carbonyl (C=O) groups excluding carboxylic acids is 2. The van der Waals surface area contributed by atoms with Crippen molar-refractivity contribution in [1.82, 2.24) is 0 Å². The maximum atomic E-state index is 13.9. The van der Waals surface area contributed by atoms with Gasteiger partial charge in [-0.15, -0.1) is 0 Å². The van der Waals surface area contributed by atoms with Crippen molar-refractivity contribution in [2.24, 2.45) is 0 Å². The fourth-order valence-corrected chi connectivity index (χ4v) is 2.50. The molecule has 1 N–H and O–H groups in total. The molecular weight excluding hydrogens is 350 g/mol. The lowest BCUT2D eigenvalue weighted by Gasteiger charge is -2.22. The van der Waals surface area contributed by atoms with E-state index in [-0.39, 0.29) is 13.0 Å². The van der Waals surface area contributed by atoms with E-state index in [4.69, 9.17) is 11.6 Å². The van der Waals surface area contributed by atoms with E-state index in [1.807, 2.05) is 6.92 Å². The first-order valence-corrected chi connectivity index (χ1v) is 7.95. The number of rotatable bonds is 5. The largest absolute Gasteiger partial charge is 0.326 e. The molecule has 2 aromatic carbocycles. The van der Waals surface area contributed by atoms with E-state index in [9.17, 15) is 18.4 Å². The van der Waals surface area contributed by atoms with Crippen LogP contribution in [0.3, 0.4) is 0 Å². The standard InChI is InChI=1S/C18H17ClF2N2O2/c1-11-6-7-13(19)10-16(11)22-17(25)8-9-23(12(2)24)18-14(20)4-3-5-15(18)21/h3-7,10H,8-9H2,1-2H3,(H,22,25). The number of nitrogens with one attached hydrogen (secondary N) is 1. The summed E-state index contributed by atoms with van der Waals surface area (Å²) in [5.41, 5.74) is 0.909. The molecule has 0 aliphatic rings. The molecule has 0 radical (unpaired) electrons. The Kier molecular flexibility index (Phi) is 6.09. The Balaban J connectivity index is 2.10. The number of para-hydroxylation sites is 1. The first-order chi connectivity index (χ1) is 11.8. The third-order valence-corrected chi connectivity index (χ3v) is 3.86. The van der Waals surface area contributed by atoms with E-state index < -0.39 is 29.1 Å². The first-order valence-electron chi connectivity index (χ1n) is 7.57. The molecule has 4 nitrogen and oxygen atoms in total. The van der Waals surface area contributed by atoms with Gasteiger partial charge in [-0.3, -0.25) is 9.59 Å². The third kappa shape index (κ3) is 4.76. The zero-order valence-electron chi connectivity index (χ0n) is 13.8. The van der Waals surface area contributed by atoms with Crippen molar-refractivity contribution in [3.63, 3.8) is 0 Å². The highest BCUT2D eigenvalue weighted by Crippen LogP contribution is 2.24. The molecule has 0 bridgehead atoms. The molecule has 0 aromatic heterocycles. The van der Waals surface area contributed by atoms with Crippen LogP contribution in [0.15, 0.2) is 36.4 Å². The molecule has 0 spiro atoms. The average molecular weight is 367 g/mol. The third-order valence-electron chi connectivity index (χ3n) is 3.62. The van der Waals surface area contributed by atoms with Crippen molar-refractivity contribution >= 4 is 34.8 Å². The minimum atomic E-state index is -0.860. The molecule has 7 heteroatoms. The summed E-state index contributed by atoms with van der Waals surface area (Å²) in [6.45, 7) is 2.84. The molecule has 132 valence electrons. The molecule has 0 fully saturated rings. The molecular formula is C18H17ClF2N2O2. The Morgan fingerprint density at radius 1 is 1.16 bits per heavy atom. The monoisotopic (exact) mass is 366 g/mol. The molecule has 0 aliphatic heterocycles. The number of anilines is 2. The van der Waals surface area contributed by atoms with E-state index in [2.05, 4.69) is 5.32 Å². The molecule has 0 saturated heterocycles. The van der Waals surface area contributed by atoms with Gasteiger partial charge >= 0.3 is 0 Å². The van der Waals surface area contributed by atoms with Gasteiger partial charge in [0.1, 0.15) is 17.3 Å². The SMILES string of the molecule is CC(=O)N(CCC(=O)Nc1cc(Cl)ccc1C)c1c(F)cccc1F. The van der Waals surface area contributed by atoms with Gasteiger partial charge in [-0.05, 0) is 36.8 Å². The van der Waals surface area contributed by atoms with Gasteiger partial charge in [-0.1, -0.05) is 23.7 Å². The Morgan fingerprint density at radius 3 is 2.40 bits per heavy atom. The van der Waals surface area contributed by atoms with Crippen LogP contribution in [0.4, 0.5) is 20.2 Å². The maximum Gasteiger partial charge on any atom is 0.226 e. The van der Waals surface area contributed by atoms with E-state index in [1.54, 1.807) is 18.2 Å². The number of benzene rings is 2. The van der Waals surface area contributed by atoms with Gasteiger partial charge in [-0.2, -0.15) is 0 Å². The van der Waals surface area contributed by atoms with Gasteiger partial charge in [-0.25, -0.2) is 8.78 Å². The molecule has 2 rings (SSSR count). The summed E-state index contributed by atoms with van der Waals surface area (Å²) in [7, 11) is 0. The van der Waals surface area contributed by atoms with Crippen LogP contribution in [0, 0.1) is 18.6 Å². The second-order valence-corrected chi connectivity index (χ2v) is 5.93. The summed E-state index contributed by atoms with van der Waals surface area (Å²) in [5.74, 6) is -2.67. The summed E-state index contributed by atoms with van der Waals surface area (Å²) in [6, 6.07) is 8.39. The lowest BCUT2D eigenvalue weighted by molar-refractivity contribution is -0.117. The van der Waals surface area contributed by atoms with E-state index in [1.165, 1.54) is 13.0 Å². The fraction of sp³-hybridized carbons (Fsp3) is 0.222. The van der Waals surface area contributed by atoms with Crippen LogP contribution in [0.25, 0.3) is 0 Å². The highest BCUT2D eigenvalue weighted by atomic mass is 35.5. The highest BCUT2D eigenvalue weighted by Gasteiger charge is 2.21. The maximum absolute atomic E-state index is 13.9. The Labute approximate surface area is 149 Å². The second-order valence-electron chi connectivity index (χ2n) is 5.50. The van der Waals surface area contributed by atoms with Gasteiger partial charge in [0.05, 0.1) is 0 Å². The van der Waals surface area contributed by atoms with Gasteiger partial charge in [0.25, 0.3) is 0 Å². The van der Waals surface area contributed by atoms with Crippen LogP contribution in [-0.2, 0) is 9.59 Å². The van der Waals surface area contributed by atoms with Gasteiger partial charge in [0.2, 0.25) is 11.8 Å². The van der Waals surface area contributed by atoms with Gasteiger partial charge < -0.3 is 10.2 Å².